The molecule has 21 heavy (non-hydrogen) atoms. The fraction of sp³-hybridized carbons (Fsp3) is 0.375. The van der Waals surface area contributed by atoms with Crippen LogP contribution < -0.4 is 0 Å². The van der Waals surface area contributed by atoms with Crippen LogP contribution in [0.15, 0.2) is 36.4 Å². The number of aliphatic carboxylic acids is 1. The van der Waals surface area contributed by atoms with Crippen LogP contribution in [0.5, 0.6) is 0 Å². The zero-order valence-electron chi connectivity index (χ0n) is 12.0. The molecule has 5 heteroatoms. The number of nitrogens with zero attached hydrogens (tertiary/aromatic N) is 1. The van der Waals surface area contributed by atoms with Gasteiger partial charge >= 0.3 is 5.97 Å². The molecule has 1 unspecified atom stereocenters. The third kappa shape index (κ3) is 4.43. The summed E-state index contributed by atoms with van der Waals surface area (Å²) < 4.78 is 5.36. The Balaban J connectivity index is 2.01. The Morgan fingerprint density at radius 1 is 1.38 bits per heavy atom. The molecule has 0 bridgehead atoms. The van der Waals surface area contributed by atoms with Gasteiger partial charge in [0.25, 0.3) is 0 Å². The number of allylic oxidation sites excluding steroid dienone is 1. The smallest absolute Gasteiger partial charge is 0.306 e. The number of hydrogen-bond acceptors (Lipinski definition) is 3. The lowest BCUT2D eigenvalue weighted by Gasteiger charge is -2.31. The molecular weight excluding hydrogens is 270 g/mol. The molecule has 1 heterocycles. The Bertz CT molecular complexity index is 538. The molecule has 112 valence electrons. The molecule has 1 amide bonds. The van der Waals surface area contributed by atoms with Gasteiger partial charge in [-0.25, -0.2) is 0 Å². The van der Waals surface area contributed by atoms with Crippen molar-refractivity contribution in [2.75, 3.05) is 19.7 Å². The maximum atomic E-state index is 12.3. The van der Waals surface area contributed by atoms with Crippen molar-refractivity contribution < 1.29 is 19.4 Å². The number of carbonyl (C=O) groups excluding carboxylic acids is 1. The van der Waals surface area contributed by atoms with Crippen LogP contribution in [0, 0.1) is 0 Å². The molecule has 1 fully saturated rings. The van der Waals surface area contributed by atoms with E-state index in [0.717, 1.165) is 11.1 Å². The van der Waals surface area contributed by atoms with Crippen LogP contribution in [-0.2, 0) is 14.3 Å². The first-order valence-electron chi connectivity index (χ1n) is 6.92. The zero-order valence-corrected chi connectivity index (χ0v) is 12.0. The Labute approximate surface area is 123 Å². The van der Waals surface area contributed by atoms with E-state index in [1.54, 1.807) is 11.0 Å². The highest BCUT2D eigenvalue weighted by molar-refractivity contribution is 5.95. The fourth-order valence-corrected chi connectivity index (χ4v) is 2.30. The first kappa shape index (κ1) is 15.3. The van der Waals surface area contributed by atoms with Crippen molar-refractivity contribution in [1.82, 2.24) is 4.90 Å². The lowest BCUT2D eigenvalue weighted by Crippen LogP contribution is -2.45. The molecule has 1 aromatic carbocycles. The molecular formula is C16H19NO4. The SMILES string of the molecule is CC(=CC(=O)N1CCOC(CC(=O)O)C1)c1ccccc1. The quantitative estimate of drug-likeness (QED) is 0.858. The van der Waals surface area contributed by atoms with Crippen LogP contribution >= 0.6 is 0 Å². The van der Waals surface area contributed by atoms with Gasteiger partial charge in [-0.1, -0.05) is 30.3 Å². The minimum Gasteiger partial charge on any atom is -0.481 e. The van der Waals surface area contributed by atoms with Gasteiger partial charge in [0.1, 0.15) is 0 Å². The number of benzene rings is 1. The van der Waals surface area contributed by atoms with E-state index in [0.29, 0.717) is 19.7 Å². The first-order valence-corrected chi connectivity index (χ1v) is 6.92. The summed E-state index contributed by atoms with van der Waals surface area (Å²) in [4.78, 5) is 24.6. The summed E-state index contributed by atoms with van der Waals surface area (Å²) in [5.74, 6) is -1.01. The van der Waals surface area contributed by atoms with E-state index in [2.05, 4.69) is 0 Å². The monoisotopic (exact) mass is 289 g/mol. The first-order chi connectivity index (χ1) is 10.1. The minimum atomic E-state index is -0.912. The number of carboxylic acid groups (broad SMARTS) is 1. The third-order valence-electron chi connectivity index (χ3n) is 3.42. The Hall–Kier alpha value is -2.14. The van der Waals surface area contributed by atoms with E-state index in [4.69, 9.17) is 9.84 Å². The third-order valence-corrected chi connectivity index (χ3v) is 3.42. The predicted molar refractivity (Wildman–Crippen MR) is 78.7 cm³/mol. The molecule has 0 aliphatic carbocycles. The number of carboxylic acids is 1. The van der Waals surface area contributed by atoms with Crippen molar-refractivity contribution in [1.29, 1.82) is 0 Å². The van der Waals surface area contributed by atoms with Gasteiger partial charge < -0.3 is 14.7 Å². The molecule has 1 atom stereocenters. The highest BCUT2D eigenvalue weighted by Crippen LogP contribution is 2.15. The van der Waals surface area contributed by atoms with Crippen LogP contribution in [0.4, 0.5) is 0 Å². The summed E-state index contributed by atoms with van der Waals surface area (Å²) >= 11 is 0. The van der Waals surface area contributed by atoms with Crippen LogP contribution in [0.2, 0.25) is 0 Å². The van der Waals surface area contributed by atoms with E-state index in [1.807, 2.05) is 37.3 Å². The molecule has 1 aromatic rings. The number of hydrogen-bond donors (Lipinski definition) is 1. The Morgan fingerprint density at radius 3 is 2.76 bits per heavy atom. The van der Waals surface area contributed by atoms with Gasteiger partial charge in [0.15, 0.2) is 0 Å². The normalized spacial score (nSPS) is 19.4. The number of carbonyl (C=O) groups is 2. The van der Waals surface area contributed by atoms with Gasteiger partial charge in [-0.2, -0.15) is 0 Å². The second-order valence-electron chi connectivity index (χ2n) is 5.07. The molecule has 1 saturated heterocycles. The molecule has 0 saturated carbocycles. The van der Waals surface area contributed by atoms with Gasteiger partial charge in [0.2, 0.25) is 5.91 Å². The summed E-state index contributed by atoms with van der Waals surface area (Å²) in [6, 6.07) is 9.68. The average molecular weight is 289 g/mol. The lowest BCUT2D eigenvalue weighted by atomic mass is 10.1. The van der Waals surface area contributed by atoms with Crippen molar-refractivity contribution in [2.24, 2.45) is 0 Å². The van der Waals surface area contributed by atoms with E-state index in [1.165, 1.54) is 0 Å². The molecule has 1 aliphatic heterocycles. The largest absolute Gasteiger partial charge is 0.481 e. The second-order valence-corrected chi connectivity index (χ2v) is 5.07. The van der Waals surface area contributed by atoms with Crippen molar-refractivity contribution in [3.63, 3.8) is 0 Å². The van der Waals surface area contributed by atoms with Crippen molar-refractivity contribution in [3.8, 4) is 0 Å². The second kappa shape index (κ2) is 7.04. The molecule has 5 nitrogen and oxygen atoms in total. The summed E-state index contributed by atoms with van der Waals surface area (Å²) in [6.07, 6.45) is 1.09. The van der Waals surface area contributed by atoms with Gasteiger partial charge in [0, 0.05) is 19.2 Å². The van der Waals surface area contributed by atoms with Gasteiger partial charge in [0.05, 0.1) is 19.1 Å². The number of morpholine rings is 1. The molecule has 0 aromatic heterocycles. The van der Waals surface area contributed by atoms with E-state index in [9.17, 15) is 9.59 Å². The predicted octanol–water partition coefficient (Wildman–Crippen LogP) is 1.79. The minimum absolute atomic E-state index is 0.0782. The summed E-state index contributed by atoms with van der Waals surface area (Å²) in [6.45, 7) is 3.08. The maximum absolute atomic E-state index is 12.3. The number of ether oxygens (including phenoxy) is 1. The van der Waals surface area contributed by atoms with Gasteiger partial charge in [-0.15, -0.1) is 0 Å². The van der Waals surface area contributed by atoms with E-state index >= 15 is 0 Å². The van der Waals surface area contributed by atoms with Crippen LogP contribution in [-0.4, -0.2) is 47.7 Å². The standard InChI is InChI=1S/C16H19NO4/c1-12(13-5-3-2-4-6-13)9-15(18)17-7-8-21-14(11-17)10-16(19)20/h2-6,9,14H,7-8,10-11H2,1H3,(H,19,20). The van der Waals surface area contributed by atoms with Crippen LogP contribution in [0.25, 0.3) is 5.57 Å². The lowest BCUT2D eigenvalue weighted by molar-refractivity contribution is -0.145. The molecule has 1 N–H and O–H groups in total. The topological polar surface area (TPSA) is 66.8 Å². The number of amides is 1. The molecule has 1 aliphatic rings. The fourth-order valence-electron chi connectivity index (χ4n) is 2.30. The summed E-state index contributed by atoms with van der Waals surface area (Å²) in [5.41, 5.74) is 1.89. The van der Waals surface area contributed by atoms with Crippen LogP contribution in [0.1, 0.15) is 18.9 Å². The van der Waals surface area contributed by atoms with Crippen molar-refractivity contribution in [2.45, 2.75) is 19.4 Å². The number of rotatable bonds is 4. The van der Waals surface area contributed by atoms with E-state index in [-0.39, 0.29) is 12.3 Å². The highest BCUT2D eigenvalue weighted by atomic mass is 16.5. The molecule has 0 radical (unpaired) electrons. The summed E-state index contributed by atoms with van der Waals surface area (Å²) in [5, 5.41) is 8.79. The van der Waals surface area contributed by atoms with Crippen LogP contribution in [0.3, 0.4) is 0 Å². The van der Waals surface area contributed by atoms with Crippen molar-refractivity contribution >= 4 is 17.4 Å². The molecule has 2 rings (SSSR count). The molecule has 0 spiro atoms. The average Bonchev–Trinajstić information content (AvgIpc) is 2.47. The van der Waals surface area contributed by atoms with Gasteiger partial charge in [-0.3, -0.25) is 9.59 Å². The van der Waals surface area contributed by atoms with E-state index < -0.39 is 12.1 Å². The zero-order chi connectivity index (χ0) is 15.2. The van der Waals surface area contributed by atoms with Crippen molar-refractivity contribution in [3.05, 3.63) is 42.0 Å². The Morgan fingerprint density at radius 2 is 2.10 bits per heavy atom. The maximum Gasteiger partial charge on any atom is 0.306 e. The highest BCUT2D eigenvalue weighted by Gasteiger charge is 2.25. The summed E-state index contributed by atoms with van der Waals surface area (Å²) in [7, 11) is 0. The Kier molecular flexibility index (Phi) is 5.11. The van der Waals surface area contributed by atoms with Gasteiger partial charge in [-0.05, 0) is 18.1 Å².